The Morgan fingerprint density at radius 1 is 1.10 bits per heavy atom. The largest absolute Gasteiger partial charge is 0.480 e. The van der Waals surface area contributed by atoms with Crippen LogP contribution in [0.2, 0.25) is 0 Å². The van der Waals surface area contributed by atoms with Crippen LogP contribution in [-0.4, -0.2) is 33.9 Å². The van der Waals surface area contributed by atoms with E-state index in [0.717, 1.165) is 0 Å². The van der Waals surface area contributed by atoms with Gasteiger partial charge in [0.15, 0.2) is 0 Å². The molecule has 0 saturated carbocycles. The number of carbonyl (C=O) groups excluding carboxylic acids is 2. The van der Waals surface area contributed by atoms with Crippen molar-refractivity contribution in [1.29, 1.82) is 0 Å². The average molecular weight is 425 g/mol. The third kappa shape index (κ3) is 7.07. The van der Waals surface area contributed by atoms with Crippen molar-refractivity contribution in [2.24, 2.45) is 5.92 Å². The number of nitro benzene ring substituents is 1. The summed E-state index contributed by atoms with van der Waals surface area (Å²) in [5.74, 6) is -2.59. The maximum absolute atomic E-state index is 12.8. The fraction of sp³-hybridized carbons (Fsp3) is 0.227. The Bertz CT molecular complexity index is 1000. The monoisotopic (exact) mass is 425 g/mol. The molecular formula is C22H23N3O6. The molecule has 0 saturated heterocycles. The van der Waals surface area contributed by atoms with Gasteiger partial charge in [-0.25, -0.2) is 4.79 Å². The smallest absolute Gasteiger partial charge is 0.326 e. The van der Waals surface area contributed by atoms with Crippen molar-refractivity contribution in [2.75, 3.05) is 0 Å². The molecule has 0 bridgehead atoms. The van der Waals surface area contributed by atoms with Crippen molar-refractivity contribution in [2.45, 2.75) is 26.3 Å². The third-order valence-electron chi connectivity index (χ3n) is 4.23. The number of aliphatic carboxylic acids is 1. The molecule has 0 aliphatic heterocycles. The molecule has 2 amide bonds. The predicted octanol–water partition coefficient (Wildman–Crippen LogP) is 2.98. The van der Waals surface area contributed by atoms with Gasteiger partial charge < -0.3 is 15.7 Å². The zero-order valence-corrected chi connectivity index (χ0v) is 17.1. The van der Waals surface area contributed by atoms with Crippen LogP contribution in [0, 0.1) is 16.0 Å². The highest BCUT2D eigenvalue weighted by atomic mass is 16.6. The number of hydrogen-bond donors (Lipinski definition) is 3. The van der Waals surface area contributed by atoms with Crippen molar-refractivity contribution in [3.05, 3.63) is 81.5 Å². The van der Waals surface area contributed by atoms with Crippen LogP contribution >= 0.6 is 0 Å². The number of rotatable bonds is 9. The van der Waals surface area contributed by atoms with Gasteiger partial charge in [-0.2, -0.15) is 0 Å². The van der Waals surface area contributed by atoms with E-state index in [0.29, 0.717) is 5.56 Å². The average Bonchev–Trinajstić information content (AvgIpc) is 2.73. The summed E-state index contributed by atoms with van der Waals surface area (Å²) in [6, 6.07) is 12.5. The van der Waals surface area contributed by atoms with E-state index in [1.54, 1.807) is 30.3 Å². The number of non-ortho nitro benzene ring substituents is 1. The Kier molecular flexibility index (Phi) is 8.01. The molecule has 3 N–H and O–H groups in total. The van der Waals surface area contributed by atoms with E-state index in [4.69, 9.17) is 0 Å². The van der Waals surface area contributed by atoms with E-state index in [2.05, 4.69) is 10.6 Å². The van der Waals surface area contributed by atoms with Crippen LogP contribution in [0.1, 0.15) is 36.2 Å². The van der Waals surface area contributed by atoms with Gasteiger partial charge in [-0.3, -0.25) is 19.7 Å². The summed E-state index contributed by atoms with van der Waals surface area (Å²) in [6.07, 6.45) is 1.45. The SMILES string of the molecule is CC(C)C[C@H](NC(=O)/C(=C\c1cccc([N+](=O)[O-])c1)NC(=O)c1ccccc1)C(=O)O. The van der Waals surface area contributed by atoms with Crippen LogP contribution in [0.4, 0.5) is 5.69 Å². The molecule has 2 aromatic rings. The van der Waals surface area contributed by atoms with Gasteiger partial charge in [-0.15, -0.1) is 0 Å². The minimum Gasteiger partial charge on any atom is -0.480 e. The molecule has 31 heavy (non-hydrogen) atoms. The molecule has 0 aliphatic rings. The van der Waals surface area contributed by atoms with Gasteiger partial charge in [0, 0.05) is 17.7 Å². The lowest BCUT2D eigenvalue weighted by molar-refractivity contribution is -0.384. The molecule has 0 unspecified atom stereocenters. The Morgan fingerprint density at radius 2 is 1.77 bits per heavy atom. The Balaban J connectivity index is 2.38. The number of carbonyl (C=O) groups is 3. The normalized spacial score (nSPS) is 12.2. The number of nitrogens with one attached hydrogen (secondary N) is 2. The molecule has 0 radical (unpaired) electrons. The Hall–Kier alpha value is -4.01. The highest BCUT2D eigenvalue weighted by molar-refractivity contribution is 6.06. The van der Waals surface area contributed by atoms with Gasteiger partial charge in [0.2, 0.25) is 0 Å². The minimum atomic E-state index is -1.20. The number of carboxylic acid groups (broad SMARTS) is 1. The topological polar surface area (TPSA) is 139 Å². The second kappa shape index (κ2) is 10.7. The summed E-state index contributed by atoms with van der Waals surface area (Å²) in [5, 5.41) is 25.3. The van der Waals surface area contributed by atoms with E-state index in [9.17, 15) is 29.6 Å². The van der Waals surface area contributed by atoms with Gasteiger partial charge in [0.25, 0.3) is 17.5 Å². The number of carboxylic acids is 1. The third-order valence-corrected chi connectivity index (χ3v) is 4.23. The number of benzene rings is 2. The molecule has 2 rings (SSSR count). The Labute approximate surface area is 178 Å². The first-order valence-corrected chi connectivity index (χ1v) is 9.53. The highest BCUT2D eigenvalue weighted by Gasteiger charge is 2.24. The molecule has 2 aromatic carbocycles. The van der Waals surface area contributed by atoms with Gasteiger partial charge in [0.05, 0.1) is 4.92 Å². The van der Waals surface area contributed by atoms with Crippen LogP contribution in [0.5, 0.6) is 0 Å². The fourth-order valence-electron chi connectivity index (χ4n) is 2.77. The van der Waals surface area contributed by atoms with E-state index < -0.39 is 28.7 Å². The Morgan fingerprint density at radius 3 is 2.35 bits per heavy atom. The lowest BCUT2D eigenvalue weighted by Gasteiger charge is -2.18. The highest BCUT2D eigenvalue weighted by Crippen LogP contribution is 2.16. The van der Waals surface area contributed by atoms with Gasteiger partial charge in [0.1, 0.15) is 11.7 Å². The number of nitro groups is 1. The van der Waals surface area contributed by atoms with Crippen molar-refractivity contribution in [1.82, 2.24) is 10.6 Å². The van der Waals surface area contributed by atoms with E-state index in [-0.39, 0.29) is 29.3 Å². The lowest BCUT2D eigenvalue weighted by atomic mass is 10.0. The second-order valence-corrected chi connectivity index (χ2v) is 7.22. The van der Waals surface area contributed by atoms with E-state index in [1.807, 2.05) is 13.8 Å². The summed E-state index contributed by atoms with van der Waals surface area (Å²) in [4.78, 5) is 47.4. The van der Waals surface area contributed by atoms with Crippen LogP contribution in [0.25, 0.3) is 6.08 Å². The lowest BCUT2D eigenvalue weighted by Crippen LogP contribution is -2.45. The first-order chi connectivity index (χ1) is 14.7. The molecule has 0 spiro atoms. The maximum atomic E-state index is 12.8. The van der Waals surface area contributed by atoms with Crippen LogP contribution in [0.3, 0.4) is 0 Å². The molecule has 0 aliphatic carbocycles. The fourth-order valence-corrected chi connectivity index (χ4v) is 2.77. The first kappa shape index (κ1) is 23.3. The second-order valence-electron chi connectivity index (χ2n) is 7.22. The quantitative estimate of drug-likeness (QED) is 0.321. The van der Waals surface area contributed by atoms with Gasteiger partial charge in [-0.1, -0.05) is 44.2 Å². The molecular weight excluding hydrogens is 402 g/mol. The standard InChI is InChI=1S/C22H23N3O6/c1-14(2)11-19(22(28)29)24-21(27)18(23-20(26)16-8-4-3-5-9-16)13-15-7-6-10-17(12-15)25(30)31/h3-10,12-14,19H,11H2,1-2H3,(H,23,26)(H,24,27)(H,28,29)/b18-13+/t19-/m0/s1. The van der Waals surface area contributed by atoms with Crippen molar-refractivity contribution >= 4 is 29.5 Å². The summed E-state index contributed by atoms with van der Waals surface area (Å²) < 4.78 is 0. The predicted molar refractivity (Wildman–Crippen MR) is 114 cm³/mol. The van der Waals surface area contributed by atoms with Crippen molar-refractivity contribution in [3.63, 3.8) is 0 Å². The first-order valence-electron chi connectivity index (χ1n) is 9.53. The van der Waals surface area contributed by atoms with Gasteiger partial charge >= 0.3 is 5.97 Å². The summed E-state index contributed by atoms with van der Waals surface area (Å²) in [5.41, 5.74) is 0.163. The van der Waals surface area contributed by atoms with E-state index >= 15 is 0 Å². The van der Waals surface area contributed by atoms with Crippen LogP contribution in [-0.2, 0) is 9.59 Å². The van der Waals surface area contributed by atoms with Crippen LogP contribution < -0.4 is 10.6 Å². The van der Waals surface area contributed by atoms with Gasteiger partial charge in [-0.05, 0) is 36.1 Å². The number of hydrogen-bond acceptors (Lipinski definition) is 5. The molecule has 0 aromatic heterocycles. The van der Waals surface area contributed by atoms with Crippen molar-refractivity contribution in [3.8, 4) is 0 Å². The number of nitrogens with zero attached hydrogens (tertiary/aromatic N) is 1. The van der Waals surface area contributed by atoms with Crippen molar-refractivity contribution < 1.29 is 24.4 Å². The zero-order chi connectivity index (χ0) is 23.0. The molecule has 9 heteroatoms. The summed E-state index contributed by atoms with van der Waals surface area (Å²) in [7, 11) is 0. The molecule has 162 valence electrons. The van der Waals surface area contributed by atoms with Crippen LogP contribution in [0.15, 0.2) is 60.3 Å². The summed E-state index contributed by atoms with van der Waals surface area (Å²) in [6.45, 7) is 3.64. The number of amides is 2. The molecule has 0 heterocycles. The zero-order valence-electron chi connectivity index (χ0n) is 17.1. The summed E-state index contributed by atoms with van der Waals surface area (Å²) >= 11 is 0. The molecule has 0 fully saturated rings. The minimum absolute atomic E-state index is 0.00418. The maximum Gasteiger partial charge on any atom is 0.326 e. The van der Waals surface area contributed by atoms with E-state index in [1.165, 1.54) is 30.3 Å². The molecule has 9 nitrogen and oxygen atoms in total. The molecule has 1 atom stereocenters.